The quantitative estimate of drug-likeness (QED) is 0.861. The second-order valence-corrected chi connectivity index (χ2v) is 7.03. The number of halogens is 1. The predicted octanol–water partition coefficient (Wildman–Crippen LogP) is 3.00. The number of piperazine rings is 1. The third-order valence-corrected chi connectivity index (χ3v) is 4.67. The minimum atomic E-state index is -0.546. The van der Waals surface area contributed by atoms with Gasteiger partial charge in [-0.2, -0.15) is 0 Å². The molecular formula is C21H27FN2O2. The van der Waals surface area contributed by atoms with Gasteiger partial charge in [-0.1, -0.05) is 18.2 Å². The highest BCUT2D eigenvalue weighted by Crippen LogP contribution is 2.20. The van der Waals surface area contributed by atoms with E-state index in [1.54, 1.807) is 6.07 Å². The number of para-hydroxylation sites is 1. The third kappa shape index (κ3) is 4.96. The number of aliphatic hydroxyl groups excluding tert-OH is 1. The van der Waals surface area contributed by atoms with Crippen LogP contribution in [0, 0.1) is 19.7 Å². The Morgan fingerprint density at radius 2 is 1.69 bits per heavy atom. The molecule has 2 aromatic carbocycles. The number of hydrogen-bond donors (Lipinski definition) is 1. The van der Waals surface area contributed by atoms with Gasteiger partial charge in [0.25, 0.3) is 0 Å². The van der Waals surface area contributed by atoms with Crippen LogP contribution < -0.4 is 9.64 Å². The SMILES string of the molecule is Cc1cc(C)cc(OC[C@H](O)CN2CCN(c3ccccc3F)CC2)c1. The summed E-state index contributed by atoms with van der Waals surface area (Å²) >= 11 is 0. The zero-order valence-electron chi connectivity index (χ0n) is 15.5. The minimum absolute atomic E-state index is 0.178. The lowest BCUT2D eigenvalue weighted by Gasteiger charge is -2.36. The number of nitrogens with zero attached hydrogens (tertiary/aromatic N) is 2. The average Bonchev–Trinajstić information content (AvgIpc) is 2.60. The Labute approximate surface area is 154 Å². The molecule has 0 aromatic heterocycles. The van der Waals surface area contributed by atoms with E-state index in [1.165, 1.54) is 6.07 Å². The topological polar surface area (TPSA) is 35.9 Å². The maximum Gasteiger partial charge on any atom is 0.146 e. The van der Waals surface area contributed by atoms with E-state index in [9.17, 15) is 9.50 Å². The summed E-state index contributed by atoms with van der Waals surface area (Å²) in [4.78, 5) is 4.26. The molecule has 1 atom stereocenters. The largest absolute Gasteiger partial charge is 0.491 e. The normalized spacial score (nSPS) is 16.5. The highest BCUT2D eigenvalue weighted by molar-refractivity contribution is 5.48. The first-order chi connectivity index (χ1) is 12.5. The number of aryl methyl sites for hydroxylation is 2. The zero-order chi connectivity index (χ0) is 18.5. The summed E-state index contributed by atoms with van der Waals surface area (Å²) in [5.74, 6) is 0.619. The molecule has 0 saturated carbocycles. The molecule has 0 aliphatic carbocycles. The van der Waals surface area contributed by atoms with Crippen LogP contribution in [0.3, 0.4) is 0 Å². The van der Waals surface area contributed by atoms with E-state index < -0.39 is 6.10 Å². The van der Waals surface area contributed by atoms with Crippen molar-refractivity contribution < 1.29 is 14.2 Å². The van der Waals surface area contributed by atoms with Crippen molar-refractivity contribution in [1.29, 1.82) is 0 Å². The molecule has 0 radical (unpaired) electrons. The van der Waals surface area contributed by atoms with Gasteiger partial charge in [0.1, 0.15) is 24.3 Å². The van der Waals surface area contributed by atoms with Gasteiger partial charge in [0.05, 0.1) is 5.69 Å². The van der Waals surface area contributed by atoms with Gasteiger partial charge in [0.2, 0.25) is 0 Å². The highest BCUT2D eigenvalue weighted by Gasteiger charge is 2.21. The van der Waals surface area contributed by atoms with Crippen LogP contribution in [-0.2, 0) is 0 Å². The Kier molecular flexibility index (Phi) is 6.12. The summed E-state index contributed by atoms with van der Waals surface area (Å²) in [6, 6.07) is 12.9. The Balaban J connectivity index is 1.44. The van der Waals surface area contributed by atoms with Gasteiger partial charge in [-0.05, 0) is 49.2 Å². The number of aliphatic hydroxyl groups is 1. The summed E-state index contributed by atoms with van der Waals surface area (Å²) in [7, 11) is 0. The van der Waals surface area contributed by atoms with E-state index in [-0.39, 0.29) is 12.4 Å². The summed E-state index contributed by atoms with van der Waals surface area (Å²) in [6.45, 7) is 8.02. The number of anilines is 1. The monoisotopic (exact) mass is 358 g/mol. The summed E-state index contributed by atoms with van der Waals surface area (Å²) in [6.07, 6.45) is -0.546. The molecule has 4 nitrogen and oxygen atoms in total. The molecule has 5 heteroatoms. The maximum atomic E-state index is 13.9. The highest BCUT2D eigenvalue weighted by atomic mass is 19.1. The Morgan fingerprint density at radius 3 is 2.35 bits per heavy atom. The standard InChI is InChI=1S/C21H27FN2O2/c1-16-11-17(2)13-19(12-16)26-15-18(25)14-23-7-9-24(10-8-23)21-6-4-3-5-20(21)22/h3-6,11-13,18,25H,7-10,14-15H2,1-2H3/t18-/m1/s1. The first-order valence-electron chi connectivity index (χ1n) is 9.12. The van der Waals surface area contributed by atoms with E-state index >= 15 is 0 Å². The minimum Gasteiger partial charge on any atom is -0.491 e. The molecule has 26 heavy (non-hydrogen) atoms. The first-order valence-corrected chi connectivity index (χ1v) is 9.12. The van der Waals surface area contributed by atoms with Crippen molar-refractivity contribution in [2.24, 2.45) is 0 Å². The van der Waals surface area contributed by atoms with Crippen LogP contribution in [0.4, 0.5) is 10.1 Å². The molecule has 0 bridgehead atoms. The number of ether oxygens (including phenoxy) is 1. The van der Waals surface area contributed by atoms with Crippen molar-refractivity contribution in [2.45, 2.75) is 20.0 Å². The molecule has 3 rings (SSSR count). The van der Waals surface area contributed by atoms with Crippen LogP contribution in [0.5, 0.6) is 5.75 Å². The second kappa shape index (κ2) is 8.52. The third-order valence-electron chi connectivity index (χ3n) is 4.67. The van der Waals surface area contributed by atoms with Crippen LogP contribution in [0.1, 0.15) is 11.1 Å². The van der Waals surface area contributed by atoms with Gasteiger partial charge in [0, 0.05) is 32.7 Å². The summed E-state index contributed by atoms with van der Waals surface area (Å²) in [5.41, 5.74) is 2.96. The molecule has 1 heterocycles. The van der Waals surface area contributed by atoms with Gasteiger partial charge >= 0.3 is 0 Å². The number of hydrogen-bond acceptors (Lipinski definition) is 4. The van der Waals surface area contributed by atoms with Gasteiger partial charge in [0.15, 0.2) is 0 Å². The van der Waals surface area contributed by atoms with Crippen LogP contribution in [0.25, 0.3) is 0 Å². The molecule has 1 saturated heterocycles. The second-order valence-electron chi connectivity index (χ2n) is 7.03. The van der Waals surface area contributed by atoms with Crippen molar-refractivity contribution in [1.82, 2.24) is 4.90 Å². The van der Waals surface area contributed by atoms with Gasteiger partial charge in [-0.3, -0.25) is 4.90 Å². The average molecular weight is 358 g/mol. The number of benzene rings is 2. The van der Waals surface area contributed by atoms with Crippen molar-refractivity contribution in [3.63, 3.8) is 0 Å². The Bertz CT molecular complexity index is 709. The molecule has 140 valence electrons. The number of rotatable bonds is 6. The van der Waals surface area contributed by atoms with Crippen LogP contribution >= 0.6 is 0 Å². The van der Waals surface area contributed by atoms with Gasteiger partial charge < -0.3 is 14.7 Å². The molecule has 1 N–H and O–H groups in total. The molecule has 0 spiro atoms. The summed E-state index contributed by atoms with van der Waals surface area (Å²) < 4.78 is 19.6. The molecular weight excluding hydrogens is 331 g/mol. The lowest BCUT2D eigenvalue weighted by molar-refractivity contribution is 0.0662. The molecule has 2 aromatic rings. The lowest BCUT2D eigenvalue weighted by atomic mass is 10.1. The van der Waals surface area contributed by atoms with Crippen LogP contribution in [0.2, 0.25) is 0 Å². The van der Waals surface area contributed by atoms with E-state index in [0.717, 1.165) is 43.1 Å². The van der Waals surface area contributed by atoms with Crippen LogP contribution in [0.15, 0.2) is 42.5 Å². The smallest absolute Gasteiger partial charge is 0.146 e. The molecule has 0 amide bonds. The molecule has 0 unspecified atom stereocenters. The van der Waals surface area contributed by atoms with E-state index in [4.69, 9.17) is 4.74 Å². The van der Waals surface area contributed by atoms with E-state index in [0.29, 0.717) is 12.2 Å². The van der Waals surface area contributed by atoms with Crippen molar-refractivity contribution in [3.8, 4) is 5.75 Å². The predicted molar refractivity (Wildman–Crippen MR) is 102 cm³/mol. The fourth-order valence-corrected chi connectivity index (χ4v) is 3.44. The van der Waals surface area contributed by atoms with Crippen molar-refractivity contribution >= 4 is 5.69 Å². The Morgan fingerprint density at radius 1 is 1.04 bits per heavy atom. The Hall–Kier alpha value is -2.11. The zero-order valence-corrected chi connectivity index (χ0v) is 15.5. The maximum absolute atomic E-state index is 13.9. The van der Waals surface area contributed by atoms with E-state index in [1.807, 2.05) is 38.1 Å². The van der Waals surface area contributed by atoms with Gasteiger partial charge in [-0.15, -0.1) is 0 Å². The van der Waals surface area contributed by atoms with Gasteiger partial charge in [-0.25, -0.2) is 4.39 Å². The van der Waals surface area contributed by atoms with Crippen molar-refractivity contribution in [2.75, 3.05) is 44.2 Å². The van der Waals surface area contributed by atoms with E-state index in [2.05, 4.69) is 15.9 Å². The fraction of sp³-hybridized carbons (Fsp3) is 0.429. The fourth-order valence-electron chi connectivity index (χ4n) is 3.44. The van der Waals surface area contributed by atoms with Crippen molar-refractivity contribution in [3.05, 3.63) is 59.4 Å². The first kappa shape index (κ1) is 18.7. The lowest BCUT2D eigenvalue weighted by Crippen LogP contribution is -2.49. The number of β-amino-alcohol motifs (C(OH)–C–C–N with tert-alkyl or cyclic N) is 1. The molecule has 1 fully saturated rings. The molecule has 1 aliphatic heterocycles. The molecule has 1 aliphatic rings. The summed E-state index contributed by atoms with van der Waals surface area (Å²) in [5, 5.41) is 10.3. The van der Waals surface area contributed by atoms with Crippen LogP contribution in [-0.4, -0.2) is 55.4 Å².